The lowest BCUT2D eigenvalue weighted by Gasteiger charge is -2.10. The van der Waals surface area contributed by atoms with E-state index < -0.39 is 12.8 Å². The molecule has 0 unspecified atom stereocenters. The standard InChI is InChI=1S/C14H16F3N3O/c1-10-12(8-19-20-10)7-18-6-11-3-2-4-13(5-11)21-9-14(15,16)17/h2-5,8,18H,6-7,9H2,1H3,(H,19,20). The van der Waals surface area contributed by atoms with Gasteiger partial charge in [-0.25, -0.2) is 0 Å². The topological polar surface area (TPSA) is 49.9 Å². The maximum absolute atomic E-state index is 12.1. The fourth-order valence-electron chi connectivity index (χ4n) is 1.81. The van der Waals surface area contributed by atoms with E-state index in [-0.39, 0.29) is 5.75 Å². The Bertz CT molecular complexity index is 581. The molecule has 0 spiro atoms. The highest BCUT2D eigenvalue weighted by Gasteiger charge is 2.28. The minimum absolute atomic E-state index is 0.214. The van der Waals surface area contributed by atoms with Crippen molar-refractivity contribution >= 4 is 0 Å². The maximum Gasteiger partial charge on any atom is 0.422 e. The average Bonchev–Trinajstić information content (AvgIpc) is 2.82. The van der Waals surface area contributed by atoms with Crippen molar-refractivity contribution in [1.82, 2.24) is 15.5 Å². The number of halogens is 3. The number of alkyl halides is 3. The molecular formula is C14H16F3N3O. The van der Waals surface area contributed by atoms with Crippen LogP contribution in [0.3, 0.4) is 0 Å². The van der Waals surface area contributed by atoms with Gasteiger partial charge in [0.25, 0.3) is 0 Å². The third-order valence-electron chi connectivity index (χ3n) is 2.88. The van der Waals surface area contributed by atoms with Gasteiger partial charge in [-0.1, -0.05) is 12.1 Å². The van der Waals surface area contributed by atoms with Gasteiger partial charge < -0.3 is 10.1 Å². The zero-order valence-corrected chi connectivity index (χ0v) is 11.5. The van der Waals surface area contributed by atoms with E-state index in [2.05, 4.69) is 15.5 Å². The molecule has 0 saturated heterocycles. The van der Waals surface area contributed by atoms with Crippen LogP contribution in [0.2, 0.25) is 0 Å². The van der Waals surface area contributed by atoms with E-state index in [9.17, 15) is 13.2 Å². The Morgan fingerprint density at radius 3 is 2.76 bits per heavy atom. The number of benzene rings is 1. The van der Waals surface area contributed by atoms with E-state index >= 15 is 0 Å². The normalized spacial score (nSPS) is 11.6. The molecule has 0 atom stereocenters. The fourth-order valence-corrected chi connectivity index (χ4v) is 1.81. The van der Waals surface area contributed by atoms with Gasteiger partial charge in [0.1, 0.15) is 5.75 Å². The second kappa shape index (κ2) is 6.62. The molecule has 1 aromatic heterocycles. The molecule has 0 amide bonds. The summed E-state index contributed by atoms with van der Waals surface area (Å²) in [6.07, 6.45) is -2.59. The van der Waals surface area contributed by atoms with Gasteiger partial charge in [0.15, 0.2) is 6.61 Å². The van der Waals surface area contributed by atoms with Crippen molar-refractivity contribution in [3.63, 3.8) is 0 Å². The molecule has 1 heterocycles. The van der Waals surface area contributed by atoms with E-state index in [0.29, 0.717) is 13.1 Å². The number of aromatic nitrogens is 2. The first-order chi connectivity index (χ1) is 9.94. The summed E-state index contributed by atoms with van der Waals surface area (Å²) in [5, 5.41) is 9.96. The molecule has 0 aliphatic carbocycles. The quantitative estimate of drug-likeness (QED) is 0.862. The molecule has 7 heteroatoms. The Morgan fingerprint density at radius 1 is 1.29 bits per heavy atom. The van der Waals surface area contributed by atoms with Gasteiger partial charge >= 0.3 is 6.18 Å². The van der Waals surface area contributed by atoms with Crippen LogP contribution in [0.25, 0.3) is 0 Å². The average molecular weight is 299 g/mol. The highest BCUT2D eigenvalue weighted by molar-refractivity contribution is 5.28. The molecule has 114 valence electrons. The number of hydrogen-bond acceptors (Lipinski definition) is 3. The summed E-state index contributed by atoms with van der Waals surface area (Å²) in [6.45, 7) is 1.82. The number of ether oxygens (including phenoxy) is 1. The molecular weight excluding hydrogens is 283 g/mol. The van der Waals surface area contributed by atoms with Crippen LogP contribution in [-0.4, -0.2) is 23.0 Å². The van der Waals surface area contributed by atoms with Gasteiger partial charge in [0.2, 0.25) is 0 Å². The van der Waals surface area contributed by atoms with Gasteiger partial charge in [-0.15, -0.1) is 0 Å². The largest absolute Gasteiger partial charge is 0.484 e. The fraction of sp³-hybridized carbons (Fsp3) is 0.357. The van der Waals surface area contributed by atoms with Gasteiger partial charge in [-0.3, -0.25) is 5.10 Å². The summed E-state index contributed by atoms with van der Waals surface area (Å²) in [5.74, 6) is 0.214. The predicted octanol–water partition coefficient (Wildman–Crippen LogP) is 2.95. The van der Waals surface area contributed by atoms with Crippen LogP contribution in [0.1, 0.15) is 16.8 Å². The Morgan fingerprint density at radius 2 is 2.10 bits per heavy atom. The van der Waals surface area contributed by atoms with Crippen LogP contribution >= 0.6 is 0 Å². The van der Waals surface area contributed by atoms with Crippen LogP contribution < -0.4 is 10.1 Å². The first kappa shape index (κ1) is 15.4. The zero-order valence-electron chi connectivity index (χ0n) is 11.5. The molecule has 0 aliphatic heterocycles. The second-order valence-corrected chi connectivity index (χ2v) is 4.68. The number of nitrogens with one attached hydrogen (secondary N) is 2. The number of nitrogens with zero attached hydrogens (tertiary/aromatic N) is 1. The van der Waals surface area contributed by atoms with Gasteiger partial charge in [0, 0.05) is 24.3 Å². The molecule has 21 heavy (non-hydrogen) atoms. The van der Waals surface area contributed by atoms with Crippen LogP contribution in [0.15, 0.2) is 30.5 Å². The number of aryl methyl sites for hydroxylation is 1. The number of rotatable bonds is 6. The van der Waals surface area contributed by atoms with Crippen molar-refractivity contribution in [2.75, 3.05) is 6.61 Å². The molecule has 2 aromatic rings. The van der Waals surface area contributed by atoms with Crippen LogP contribution in [0, 0.1) is 6.92 Å². The first-order valence-electron chi connectivity index (χ1n) is 6.42. The second-order valence-electron chi connectivity index (χ2n) is 4.68. The van der Waals surface area contributed by atoms with Crippen molar-refractivity contribution < 1.29 is 17.9 Å². The molecule has 0 bridgehead atoms. The Balaban J connectivity index is 1.85. The third-order valence-corrected chi connectivity index (χ3v) is 2.88. The van der Waals surface area contributed by atoms with Crippen molar-refractivity contribution in [1.29, 1.82) is 0 Å². The smallest absolute Gasteiger partial charge is 0.422 e. The molecule has 2 N–H and O–H groups in total. The molecule has 0 aliphatic rings. The van der Waals surface area contributed by atoms with Crippen molar-refractivity contribution in [3.8, 4) is 5.75 Å². The molecule has 4 nitrogen and oxygen atoms in total. The lowest BCUT2D eigenvalue weighted by molar-refractivity contribution is -0.153. The lowest BCUT2D eigenvalue weighted by Crippen LogP contribution is -2.19. The monoisotopic (exact) mass is 299 g/mol. The summed E-state index contributed by atoms with van der Waals surface area (Å²) < 4.78 is 41.0. The first-order valence-corrected chi connectivity index (χ1v) is 6.42. The van der Waals surface area contributed by atoms with Crippen LogP contribution in [0.4, 0.5) is 13.2 Å². The van der Waals surface area contributed by atoms with E-state index in [1.807, 2.05) is 13.0 Å². The van der Waals surface area contributed by atoms with Gasteiger partial charge in [0.05, 0.1) is 6.20 Å². The van der Waals surface area contributed by atoms with E-state index in [0.717, 1.165) is 16.8 Å². The molecule has 2 rings (SSSR count). The van der Waals surface area contributed by atoms with E-state index in [4.69, 9.17) is 4.74 Å². The SMILES string of the molecule is Cc1[nH]ncc1CNCc1cccc(OCC(F)(F)F)c1. The number of H-pyrrole nitrogens is 1. The van der Waals surface area contributed by atoms with E-state index in [1.54, 1.807) is 18.3 Å². The number of aromatic amines is 1. The summed E-state index contributed by atoms with van der Waals surface area (Å²) in [7, 11) is 0. The van der Waals surface area contributed by atoms with Crippen molar-refractivity contribution in [2.45, 2.75) is 26.2 Å². The molecule has 1 aromatic carbocycles. The molecule has 0 radical (unpaired) electrons. The zero-order chi connectivity index (χ0) is 15.3. The highest BCUT2D eigenvalue weighted by Crippen LogP contribution is 2.19. The predicted molar refractivity (Wildman–Crippen MR) is 71.9 cm³/mol. The van der Waals surface area contributed by atoms with Crippen LogP contribution in [0.5, 0.6) is 5.75 Å². The summed E-state index contributed by atoms with van der Waals surface area (Å²) in [5.41, 5.74) is 2.90. The Labute approximate surface area is 120 Å². The third kappa shape index (κ3) is 5.11. The van der Waals surface area contributed by atoms with Gasteiger partial charge in [-0.05, 0) is 24.6 Å². The summed E-state index contributed by atoms with van der Waals surface area (Å²) in [6, 6.07) is 6.61. The number of hydrogen-bond donors (Lipinski definition) is 2. The van der Waals surface area contributed by atoms with Crippen molar-refractivity contribution in [3.05, 3.63) is 47.3 Å². The van der Waals surface area contributed by atoms with Gasteiger partial charge in [-0.2, -0.15) is 18.3 Å². The summed E-state index contributed by atoms with van der Waals surface area (Å²) in [4.78, 5) is 0. The molecule has 0 fully saturated rings. The van der Waals surface area contributed by atoms with Crippen LogP contribution in [-0.2, 0) is 13.1 Å². The minimum atomic E-state index is -4.33. The summed E-state index contributed by atoms with van der Waals surface area (Å²) >= 11 is 0. The van der Waals surface area contributed by atoms with E-state index in [1.165, 1.54) is 6.07 Å². The molecule has 0 saturated carbocycles. The Kier molecular flexibility index (Phi) is 4.85. The Hall–Kier alpha value is -2.02. The minimum Gasteiger partial charge on any atom is -0.484 e. The van der Waals surface area contributed by atoms with Crippen molar-refractivity contribution in [2.24, 2.45) is 0 Å². The lowest BCUT2D eigenvalue weighted by atomic mass is 10.2. The maximum atomic E-state index is 12.1. The highest BCUT2D eigenvalue weighted by atomic mass is 19.4.